The van der Waals surface area contributed by atoms with Crippen molar-refractivity contribution in [3.05, 3.63) is 4.91 Å². The number of likely N-dealkylation sites (N-methyl/N-ethyl adjacent to an activating group) is 1. The molecule has 0 rings (SSSR count). The van der Waals surface area contributed by atoms with E-state index >= 15 is 0 Å². The number of hydrogen-bond donors (Lipinski definition) is 1. The van der Waals surface area contributed by atoms with Crippen LogP contribution in [0.2, 0.25) is 0 Å². The van der Waals surface area contributed by atoms with Crippen molar-refractivity contribution >= 4 is 5.91 Å². The molecule has 1 N–H and O–H groups in total. The van der Waals surface area contributed by atoms with E-state index in [4.69, 9.17) is 0 Å². The van der Waals surface area contributed by atoms with Crippen LogP contribution in [0.1, 0.15) is 6.92 Å². The van der Waals surface area contributed by atoms with E-state index in [0.29, 0.717) is 0 Å². The Kier molecular flexibility index (Phi) is 2.95. The molecule has 0 spiro atoms. The van der Waals surface area contributed by atoms with Crippen molar-refractivity contribution in [1.82, 2.24) is 5.32 Å². The molecule has 0 radical (unpaired) electrons. The molecule has 46 valence electrons. The molecule has 0 heterocycles. The summed E-state index contributed by atoms with van der Waals surface area (Å²) in [6, 6.07) is -0.451. The van der Waals surface area contributed by atoms with E-state index in [1.807, 2.05) is 0 Å². The first-order valence-electron chi connectivity index (χ1n) is 2.27. The van der Waals surface area contributed by atoms with E-state index in [0.717, 1.165) is 0 Å². The zero-order valence-electron chi connectivity index (χ0n) is 4.84. The van der Waals surface area contributed by atoms with Crippen molar-refractivity contribution in [3.63, 3.8) is 0 Å². The quantitative estimate of drug-likeness (QED) is 0.512. The van der Waals surface area contributed by atoms with E-state index in [9.17, 15) is 9.70 Å². The van der Waals surface area contributed by atoms with E-state index in [2.05, 4.69) is 10.5 Å². The minimum atomic E-state index is -0.660. The number of nitrogens with zero attached hydrogens (tertiary/aromatic N) is 1. The molecule has 4 heteroatoms. The number of rotatable bonds is 2. The summed E-state index contributed by atoms with van der Waals surface area (Å²) in [5, 5.41) is 4.78. The lowest BCUT2D eigenvalue weighted by molar-refractivity contribution is -0.119. The zero-order chi connectivity index (χ0) is 6.57. The van der Waals surface area contributed by atoms with E-state index < -0.39 is 11.9 Å². The van der Waals surface area contributed by atoms with Crippen LogP contribution in [0, 0.1) is 4.91 Å². The number of nitroso groups, excluding NO2 is 1. The summed E-state index contributed by atoms with van der Waals surface area (Å²) in [6.45, 7) is 1.57. The highest BCUT2D eigenvalue weighted by atomic mass is 16.3. The summed E-state index contributed by atoms with van der Waals surface area (Å²) in [5.74, 6) is -0.660. The van der Waals surface area contributed by atoms with Crippen LogP contribution in [0.25, 0.3) is 0 Å². The van der Waals surface area contributed by atoms with Crippen molar-refractivity contribution in [2.75, 3.05) is 7.05 Å². The highest BCUT2D eigenvalue weighted by molar-refractivity contribution is 5.81. The molecular weight excluding hydrogens is 108 g/mol. The van der Waals surface area contributed by atoms with Gasteiger partial charge in [-0.15, -0.1) is 4.91 Å². The number of nitrogens with one attached hydrogen (secondary N) is 1. The third kappa shape index (κ3) is 1.79. The van der Waals surface area contributed by atoms with Crippen LogP contribution >= 0.6 is 0 Å². The zero-order valence-corrected chi connectivity index (χ0v) is 4.84. The molecule has 1 atom stereocenters. The largest absolute Gasteiger partial charge is 0.309 e. The van der Waals surface area contributed by atoms with Crippen molar-refractivity contribution < 1.29 is 4.79 Å². The van der Waals surface area contributed by atoms with Crippen LogP contribution in [-0.2, 0) is 4.79 Å². The second kappa shape index (κ2) is 3.26. The third-order valence-electron chi connectivity index (χ3n) is 0.893. The van der Waals surface area contributed by atoms with Gasteiger partial charge in [-0.1, -0.05) is 0 Å². The van der Waals surface area contributed by atoms with Gasteiger partial charge in [0.2, 0.25) is 0 Å². The molecule has 0 bridgehead atoms. The third-order valence-corrected chi connectivity index (χ3v) is 0.893. The van der Waals surface area contributed by atoms with Gasteiger partial charge in [0.25, 0.3) is 0 Å². The van der Waals surface area contributed by atoms with Crippen LogP contribution < -0.4 is 5.32 Å². The fraction of sp³-hybridized carbons (Fsp3) is 0.750. The molecule has 0 aromatic carbocycles. The summed E-state index contributed by atoms with van der Waals surface area (Å²) in [7, 11) is 1.59. The molecular formula is C4H8N2O2. The molecule has 0 aliphatic heterocycles. The monoisotopic (exact) mass is 116 g/mol. The highest BCUT2D eigenvalue weighted by Crippen LogP contribution is 1.81. The van der Waals surface area contributed by atoms with Crippen LogP contribution in [0.15, 0.2) is 5.18 Å². The summed E-state index contributed by atoms with van der Waals surface area (Å²) in [5.41, 5.74) is 0. The normalized spacial score (nSPS) is 12.8. The molecule has 4 nitrogen and oxygen atoms in total. The van der Waals surface area contributed by atoms with Crippen LogP contribution in [0.4, 0.5) is 0 Å². The van der Waals surface area contributed by atoms with Gasteiger partial charge in [0.1, 0.15) is 0 Å². The summed E-state index contributed by atoms with van der Waals surface area (Å²) < 4.78 is 0. The minimum absolute atomic E-state index is 0.451. The van der Waals surface area contributed by atoms with Gasteiger partial charge in [0.15, 0.2) is 0 Å². The van der Waals surface area contributed by atoms with Gasteiger partial charge in [0.05, 0.1) is 6.04 Å². The van der Waals surface area contributed by atoms with Gasteiger partial charge in [-0.3, -0.25) is 4.79 Å². The average Bonchev–Trinajstić information content (AvgIpc) is 1.84. The van der Waals surface area contributed by atoms with Gasteiger partial charge in [-0.25, -0.2) is 0 Å². The van der Waals surface area contributed by atoms with Crippen molar-refractivity contribution in [1.29, 1.82) is 0 Å². The molecule has 0 aromatic rings. The highest BCUT2D eigenvalue weighted by Gasteiger charge is 2.08. The Morgan fingerprint density at radius 2 is 2.25 bits per heavy atom. The maximum atomic E-state index is 10.2. The molecule has 0 aliphatic rings. The second-order valence-corrected chi connectivity index (χ2v) is 1.44. The number of carbonyl (C=O) groups is 1. The van der Waals surface area contributed by atoms with Gasteiger partial charge in [-0.2, -0.15) is 0 Å². The van der Waals surface area contributed by atoms with E-state index in [-0.39, 0.29) is 0 Å². The van der Waals surface area contributed by atoms with Crippen molar-refractivity contribution in [2.24, 2.45) is 5.18 Å². The molecule has 0 saturated heterocycles. The van der Waals surface area contributed by atoms with Crippen LogP contribution in [0.5, 0.6) is 0 Å². The molecule has 1 amide bonds. The molecule has 0 aliphatic carbocycles. The fourth-order valence-corrected chi connectivity index (χ4v) is 0.203. The summed E-state index contributed by atoms with van der Waals surface area (Å²) >= 11 is 0. The number of carbonyl (C=O) groups excluding carboxylic acids is 1. The Bertz CT molecular complexity index is 102. The smallest absolute Gasteiger partial charge is 0.302 e. The topological polar surface area (TPSA) is 58.5 Å². The predicted molar refractivity (Wildman–Crippen MR) is 29.3 cm³/mol. The molecule has 1 unspecified atom stereocenters. The predicted octanol–water partition coefficient (Wildman–Crippen LogP) is -0.113. The summed E-state index contributed by atoms with van der Waals surface area (Å²) in [6.07, 6.45) is 0. The van der Waals surface area contributed by atoms with Gasteiger partial charge < -0.3 is 5.32 Å². The molecule has 0 fully saturated rings. The first kappa shape index (κ1) is 7.23. The minimum Gasteiger partial charge on any atom is -0.309 e. The van der Waals surface area contributed by atoms with Gasteiger partial charge in [-0.05, 0) is 14.0 Å². The standard InChI is InChI=1S/C4H8N2O2/c1-3(5-2)4(7)6-8/h3,5H,1-2H3. The molecule has 8 heavy (non-hydrogen) atoms. The summed E-state index contributed by atoms with van der Waals surface area (Å²) in [4.78, 5) is 19.7. The average molecular weight is 116 g/mol. The SMILES string of the molecule is CNC(C)C(=O)N=O. The first-order chi connectivity index (χ1) is 3.72. The maximum Gasteiger partial charge on any atom is 0.302 e. The molecule has 0 saturated carbocycles. The fourth-order valence-electron chi connectivity index (χ4n) is 0.203. The van der Waals surface area contributed by atoms with Crippen LogP contribution in [-0.4, -0.2) is 19.0 Å². The molecule has 0 aromatic heterocycles. The Morgan fingerprint density at radius 3 is 2.38 bits per heavy atom. The Morgan fingerprint density at radius 1 is 1.75 bits per heavy atom. The lowest BCUT2D eigenvalue weighted by Crippen LogP contribution is -2.28. The second-order valence-electron chi connectivity index (χ2n) is 1.44. The van der Waals surface area contributed by atoms with E-state index in [1.54, 1.807) is 14.0 Å². The Balaban J connectivity index is 3.62. The maximum absolute atomic E-state index is 10.2. The Labute approximate surface area is 47.2 Å². The van der Waals surface area contributed by atoms with Gasteiger partial charge >= 0.3 is 5.91 Å². The number of hydrogen-bond acceptors (Lipinski definition) is 3. The van der Waals surface area contributed by atoms with Crippen LogP contribution in [0.3, 0.4) is 0 Å². The Hall–Kier alpha value is -0.770. The van der Waals surface area contributed by atoms with Gasteiger partial charge in [0, 0.05) is 5.18 Å². The van der Waals surface area contributed by atoms with Crippen molar-refractivity contribution in [3.8, 4) is 0 Å². The number of amides is 1. The van der Waals surface area contributed by atoms with E-state index in [1.165, 1.54) is 0 Å². The lowest BCUT2D eigenvalue weighted by atomic mass is 10.3. The van der Waals surface area contributed by atoms with Crippen molar-refractivity contribution in [2.45, 2.75) is 13.0 Å². The first-order valence-corrected chi connectivity index (χ1v) is 2.27. The lowest BCUT2D eigenvalue weighted by Gasteiger charge is -1.98.